The van der Waals surface area contributed by atoms with Gasteiger partial charge in [-0.1, -0.05) is 63.6 Å². The fourth-order valence-electron chi connectivity index (χ4n) is 15.6. The van der Waals surface area contributed by atoms with Gasteiger partial charge in [-0.2, -0.15) is 0 Å². The number of nitro groups is 1. The van der Waals surface area contributed by atoms with Crippen molar-refractivity contribution < 1.29 is 96.7 Å². The number of fused-ring (bicyclic) bond motifs is 4. The number of aliphatic hydroxyl groups is 4. The molecular formula is C61H88N2O21. The van der Waals surface area contributed by atoms with Crippen molar-refractivity contribution in [3.8, 4) is 0 Å². The van der Waals surface area contributed by atoms with Crippen LogP contribution in [-0.4, -0.2) is 172 Å². The van der Waals surface area contributed by atoms with E-state index in [0.717, 1.165) is 5.57 Å². The number of nitrogens with one attached hydrogen (secondary N) is 1. The number of ketones is 1. The zero-order valence-electron chi connectivity index (χ0n) is 50.4. The second kappa shape index (κ2) is 25.0. The quantitative estimate of drug-likeness (QED) is 0.0380. The Hall–Kier alpha value is -4.34. The van der Waals surface area contributed by atoms with E-state index in [2.05, 4.69) is 25.4 Å². The summed E-state index contributed by atoms with van der Waals surface area (Å²) in [7, 11) is 1.50. The minimum absolute atomic E-state index is 0.0104. The minimum Gasteiger partial charge on any atom is -0.511 e. The number of rotatable bonds is 13. The van der Waals surface area contributed by atoms with Crippen molar-refractivity contribution in [1.29, 1.82) is 0 Å². The molecule has 5 saturated heterocycles. The molecule has 1 saturated carbocycles. The molecule has 5 aliphatic heterocycles. The molecule has 0 amide bonds. The zero-order chi connectivity index (χ0) is 61.2. The number of Topliss-reactive ketones (excluding diaryl/α,β-unsaturated/α-hetero) is 1. The summed E-state index contributed by atoms with van der Waals surface area (Å²) >= 11 is 0. The van der Waals surface area contributed by atoms with Gasteiger partial charge in [0.2, 0.25) is 11.3 Å². The van der Waals surface area contributed by atoms with E-state index in [4.69, 9.17) is 52.2 Å². The van der Waals surface area contributed by atoms with Gasteiger partial charge in [-0.15, -0.1) is 5.48 Å². The Balaban J connectivity index is 1.01. The summed E-state index contributed by atoms with van der Waals surface area (Å²) in [5, 5.41) is 59.7. The third kappa shape index (κ3) is 11.9. The van der Waals surface area contributed by atoms with Gasteiger partial charge in [-0.25, -0.2) is 4.79 Å². The monoisotopic (exact) mass is 1180 g/mol. The lowest BCUT2D eigenvalue weighted by molar-refractivity contribution is -0.587. The fourth-order valence-corrected chi connectivity index (χ4v) is 15.6. The van der Waals surface area contributed by atoms with E-state index in [9.17, 15) is 44.9 Å². The van der Waals surface area contributed by atoms with Gasteiger partial charge in [-0.3, -0.25) is 24.5 Å². The number of hydrogen-bond acceptors (Lipinski definition) is 22. The molecular weight excluding hydrogens is 1100 g/mol. The third-order valence-electron chi connectivity index (χ3n) is 20.0. The molecule has 84 heavy (non-hydrogen) atoms. The van der Waals surface area contributed by atoms with Gasteiger partial charge < -0.3 is 72.6 Å². The molecule has 23 heteroatoms. The summed E-state index contributed by atoms with van der Waals surface area (Å²) in [6, 6.07) is -1.05. The molecule has 27 atom stereocenters. The van der Waals surface area contributed by atoms with Crippen LogP contribution in [0.2, 0.25) is 0 Å². The molecule has 2 bridgehead atoms. The Labute approximate surface area is 490 Å². The van der Waals surface area contributed by atoms with Crippen LogP contribution < -0.4 is 5.48 Å². The van der Waals surface area contributed by atoms with Gasteiger partial charge in [0, 0.05) is 74.7 Å². The average Bonchev–Trinajstić information content (AvgIpc) is 1.36. The van der Waals surface area contributed by atoms with Crippen LogP contribution in [0.4, 0.5) is 0 Å². The third-order valence-corrected chi connectivity index (χ3v) is 20.0. The summed E-state index contributed by atoms with van der Waals surface area (Å²) in [6.45, 7) is 21.0. The van der Waals surface area contributed by atoms with E-state index in [0.29, 0.717) is 23.9 Å². The molecule has 0 aromatic carbocycles. The van der Waals surface area contributed by atoms with Crippen molar-refractivity contribution in [2.75, 3.05) is 7.11 Å². The molecule has 5 heterocycles. The lowest BCUT2D eigenvalue weighted by Gasteiger charge is -2.56. The predicted molar refractivity (Wildman–Crippen MR) is 296 cm³/mol. The first-order chi connectivity index (χ1) is 39.6. The van der Waals surface area contributed by atoms with E-state index >= 15 is 4.79 Å². The minimum atomic E-state index is -1.87. The number of aldehydes is 1. The molecule has 23 nitrogen and oxygen atoms in total. The highest BCUT2D eigenvalue weighted by Gasteiger charge is 2.64. The highest BCUT2D eigenvalue weighted by molar-refractivity contribution is 6.26. The first-order valence-electron chi connectivity index (χ1n) is 29.9. The highest BCUT2D eigenvalue weighted by atomic mass is 16.7. The highest BCUT2D eigenvalue weighted by Crippen LogP contribution is 2.61. The van der Waals surface area contributed by atoms with Crippen LogP contribution in [0.3, 0.4) is 0 Å². The molecule has 468 valence electrons. The number of esters is 1. The molecule has 9 aliphatic rings. The normalized spacial score (nSPS) is 47.2. The van der Waals surface area contributed by atoms with Gasteiger partial charge in [0.15, 0.2) is 30.8 Å². The maximum absolute atomic E-state index is 15.5. The fraction of sp³-hybridized carbons (Fsp3) is 0.770. The van der Waals surface area contributed by atoms with E-state index < -0.39 is 185 Å². The summed E-state index contributed by atoms with van der Waals surface area (Å²) in [5.74, 6) is -6.09. The maximum atomic E-state index is 15.5. The maximum Gasteiger partial charge on any atom is 0.346 e. The van der Waals surface area contributed by atoms with Crippen LogP contribution in [0, 0.1) is 57.0 Å². The lowest BCUT2D eigenvalue weighted by atomic mass is 9.49. The average molecular weight is 1190 g/mol. The first kappa shape index (κ1) is 64.1. The topological polar surface area (TPSA) is 306 Å². The number of nitrogens with zero attached hydrogens (tertiary/aromatic N) is 1. The van der Waals surface area contributed by atoms with E-state index in [-0.39, 0.29) is 50.4 Å². The van der Waals surface area contributed by atoms with E-state index in [1.54, 1.807) is 53.7 Å². The van der Waals surface area contributed by atoms with Gasteiger partial charge in [0.25, 0.3) is 0 Å². The van der Waals surface area contributed by atoms with Crippen molar-refractivity contribution in [3.05, 3.63) is 68.5 Å². The number of allylic oxidation sites excluding steroid dienone is 4. The van der Waals surface area contributed by atoms with Crippen LogP contribution in [0.1, 0.15) is 128 Å². The number of hydrogen-bond donors (Lipinski definition) is 5. The summed E-state index contributed by atoms with van der Waals surface area (Å²) < 4.78 is 63.1. The number of methoxy groups -OCH3 is 1. The standard InChI is InChI=1S/C61H88N2O21/c1-27-14-17-43(79-48-25-59(11,63(72)73)55(35(9)78-48)62-84-36(10)65)28(2)19-38-20-37(26-64)31(5)24-61(38)57(70)49(58(71)83-61)56(69)60(12)40(27)16-15-39-50(60)29(3)18-30(4)52(39)81-47-23-44(51(68)32(6)75-47)80-45-22-42(67)54(34(8)77-45)82-46-21-41(66)53(74-13)33(7)76-46/h14-16,19-20,26,29-35,38-48,50-55,62,66-69H,17-18,21-25H2,1-13H3/t29-,30-,31+,32-,33-,34-,35+,38+,39-,40-,41+,42+,43-,44+,45-,46+,47-,48-,50+,51-,52-,53-,54-,55-,59-,60+,61-/m0/s1. The number of aliphatic hydroxyl groups excluding tert-OH is 4. The lowest BCUT2D eigenvalue weighted by Crippen LogP contribution is -2.65. The Morgan fingerprint density at radius 3 is 2.02 bits per heavy atom. The van der Waals surface area contributed by atoms with E-state index in [1.165, 1.54) is 21.0 Å². The molecule has 1 spiro atoms. The number of hydroxylamine groups is 1. The Kier molecular flexibility index (Phi) is 19.1. The van der Waals surface area contributed by atoms with Crippen LogP contribution in [0.25, 0.3) is 0 Å². The zero-order valence-corrected chi connectivity index (χ0v) is 50.4. The molecule has 5 N–H and O–H groups in total. The largest absolute Gasteiger partial charge is 0.511 e. The van der Waals surface area contributed by atoms with Crippen LogP contribution in [0.15, 0.2) is 58.4 Å². The van der Waals surface area contributed by atoms with Gasteiger partial charge in [-0.05, 0) is 89.2 Å². The van der Waals surface area contributed by atoms with Crippen molar-refractivity contribution in [2.24, 2.45) is 46.8 Å². The van der Waals surface area contributed by atoms with Gasteiger partial charge in [0.1, 0.15) is 42.0 Å². The van der Waals surface area contributed by atoms with E-state index in [1.807, 2.05) is 26.0 Å². The first-order valence-corrected chi connectivity index (χ1v) is 29.9. The Bertz CT molecular complexity index is 2630. The molecule has 0 unspecified atom stereocenters. The summed E-state index contributed by atoms with van der Waals surface area (Å²) in [5.41, 5.74) is -1.18. The second-order valence-corrected chi connectivity index (χ2v) is 25.9. The van der Waals surface area contributed by atoms with Crippen LogP contribution in [-0.2, 0) is 71.4 Å². The molecule has 9 rings (SSSR count). The Morgan fingerprint density at radius 2 is 1.39 bits per heavy atom. The summed E-state index contributed by atoms with van der Waals surface area (Å²) in [4.78, 5) is 72.0. The SMILES string of the molecule is CO[C@@H]1[C@H](O)C[C@@H](O[C@@H]2[C@H](O)C[C@H](O[C@@H]3C[C@H](O[C@@H]4[C@H]5C=C[C@H]6C(C)=CC[C@H](O[C@H]7C[C@](C)([N+](=O)[O-])[C@@H](NOC(C)=O)[C@@H](C)O7)C(C)=C[C@@H]7C=C(C=O)[C@H](C)C[C@]78OC(=O)C(=C(O)[C@@]6(C)[C@@H]5[C@@H](C)C[C@@H]4C)C8=O)O[C@@H](C)[C@@H]3O)O[C@H]2C)O[C@H]1C. The molecule has 0 radical (unpaired) electrons. The molecule has 6 fully saturated rings. The summed E-state index contributed by atoms with van der Waals surface area (Å²) in [6.07, 6.45) is -2.34. The van der Waals surface area contributed by atoms with Gasteiger partial charge in [0.05, 0.1) is 61.4 Å². The number of ether oxygens (including phenoxy) is 10. The number of carbonyl (C=O) groups is 4. The second-order valence-electron chi connectivity index (χ2n) is 25.9. The molecule has 0 aromatic heterocycles. The van der Waals surface area contributed by atoms with Crippen molar-refractivity contribution in [1.82, 2.24) is 5.48 Å². The van der Waals surface area contributed by atoms with Crippen molar-refractivity contribution in [3.63, 3.8) is 0 Å². The number of carbonyl (C=O) groups excluding carboxylic acids is 4. The smallest absolute Gasteiger partial charge is 0.346 e. The Morgan fingerprint density at radius 1 is 0.774 bits per heavy atom. The van der Waals surface area contributed by atoms with Crippen molar-refractivity contribution in [2.45, 2.75) is 244 Å². The van der Waals surface area contributed by atoms with Crippen molar-refractivity contribution >= 4 is 24.0 Å². The van der Waals surface area contributed by atoms with Crippen LogP contribution >= 0.6 is 0 Å². The van der Waals surface area contributed by atoms with Crippen LogP contribution in [0.5, 0.6) is 0 Å². The molecule has 0 aromatic rings. The van der Waals surface area contributed by atoms with Gasteiger partial charge >= 0.3 is 11.9 Å². The molecule has 4 aliphatic carbocycles. The predicted octanol–water partition coefficient (Wildman–Crippen LogP) is 5.49.